The zero-order valence-corrected chi connectivity index (χ0v) is 12.8. The van der Waals surface area contributed by atoms with Crippen molar-refractivity contribution in [1.29, 1.82) is 0 Å². The molecule has 1 saturated carbocycles. The van der Waals surface area contributed by atoms with Gasteiger partial charge in [-0.25, -0.2) is 4.98 Å². The third-order valence-corrected chi connectivity index (χ3v) is 4.27. The molecule has 0 unspecified atom stereocenters. The molecule has 1 aliphatic carbocycles. The van der Waals surface area contributed by atoms with Crippen LogP contribution in [0.3, 0.4) is 0 Å². The molecule has 20 heavy (non-hydrogen) atoms. The van der Waals surface area contributed by atoms with Gasteiger partial charge in [0.1, 0.15) is 10.7 Å². The minimum Gasteiger partial charge on any atom is -0.468 e. The largest absolute Gasteiger partial charge is 0.468 e. The number of esters is 1. The van der Waals surface area contributed by atoms with Crippen molar-refractivity contribution in [3.63, 3.8) is 0 Å². The lowest BCUT2D eigenvalue weighted by atomic mass is 10.2. The fraction of sp³-hybridized carbons (Fsp3) is 0.583. The number of thioether (sulfide) groups is 1. The SMILES string of the molecule is COC(=O)CSc1nc(Cl)nc(NC2CCCC2)c1N. The molecular formula is C12H17ClN4O2S. The summed E-state index contributed by atoms with van der Waals surface area (Å²) in [6.07, 6.45) is 4.62. The topological polar surface area (TPSA) is 90.1 Å². The minimum absolute atomic E-state index is 0.118. The second kappa shape index (κ2) is 6.99. The van der Waals surface area contributed by atoms with Gasteiger partial charge in [0.15, 0.2) is 5.82 Å². The van der Waals surface area contributed by atoms with Gasteiger partial charge in [0.2, 0.25) is 5.28 Å². The molecule has 0 saturated heterocycles. The monoisotopic (exact) mass is 316 g/mol. The van der Waals surface area contributed by atoms with Crippen molar-refractivity contribution in [1.82, 2.24) is 9.97 Å². The predicted octanol–water partition coefficient (Wildman–Crippen LogP) is 2.33. The molecule has 3 N–H and O–H groups in total. The van der Waals surface area contributed by atoms with Crippen LogP contribution in [0.5, 0.6) is 0 Å². The quantitative estimate of drug-likeness (QED) is 0.373. The first-order chi connectivity index (χ1) is 9.60. The summed E-state index contributed by atoms with van der Waals surface area (Å²) in [6.45, 7) is 0. The summed E-state index contributed by atoms with van der Waals surface area (Å²) in [4.78, 5) is 19.4. The highest BCUT2D eigenvalue weighted by Gasteiger charge is 2.19. The Kier molecular flexibility index (Phi) is 5.31. The highest BCUT2D eigenvalue weighted by atomic mass is 35.5. The average Bonchev–Trinajstić information content (AvgIpc) is 2.93. The predicted molar refractivity (Wildman–Crippen MR) is 80.1 cm³/mol. The molecule has 0 bridgehead atoms. The molecule has 0 amide bonds. The molecule has 1 heterocycles. The van der Waals surface area contributed by atoms with E-state index in [4.69, 9.17) is 17.3 Å². The van der Waals surface area contributed by atoms with Crippen LogP contribution in [0, 0.1) is 0 Å². The number of halogens is 1. The maximum Gasteiger partial charge on any atom is 0.316 e. The molecule has 0 spiro atoms. The lowest BCUT2D eigenvalue weighted by molar-refractivity contribution is -0.137. The van der Waals surface area contributed by atoms with Crippen molar-refractivity contribution >= 4 is 40.8 Å². The van der Waals surface area contributed by atoms with Crippen LogP contribution < -0.4 is 11.1 Å². The van der Waals surface area contributed by atoms with E-state index in [-0.39, 0.29) is 17.0 Å². The Bertz CT molecular complexity index is 495. The number of nitrogens with zero attached hydrogens (tertiary/aromatic N) is 2. The number of methoxy groups -OCH3 is 1. The Hall–Kier alpha value is -1.21. The van der Waals surface area contributed by atoms with Gasteiger partial charge in [-0.1, -0.05) is 24.6 Å². The van der Waals surface area contributed by atoms with E-state index in [0.717, 1.165) is 12.8 Å². The number of aromatic nitrogens is 2. The molecule has 1 aliphatic rings. The van der Waals surface area contributed by atoms with Gasteiger partial charge in [-0.15, -0.1) is 0 Å². The van der Waals surface area contributed by atoms with Gasteiger partial charge in [-0.2, -0.15) is 4.98 Å². The summed E-state index contributed by atoms with van der Waals surface area (Å²) in [7, 11) is 1.34. The maximum absolute atomic E-state index is 11.2. The fourth-order valence-electron chi connectivity index (χ4n) is 2.09. The Morgan fingerprint density at radius 2 is 2.20 bits per heavy atom. The van der Waals surface area contributed by atoms with Gasteiger partial charge in [-0.05, 0) is 24.4 Å². The zero-order valence-electron chi connectivity index (χ0n) is 11.2. The summed E-state index contributed by atoms with van der Waals surface area (Å²) in [5, 5.41) is 3.92. The Morgan fingerprint density at radius 1 is 1.50 bits per heavy atom. The molecule has 0 atom stereocenters. The Morgan fingerprint density at radius 3 is 2.85 bits per heavy atom. The molecule has 6 nitrogen and oxygen atoms in total. The molecule has 1 fully saturated rings. The number of nitrogens with one attached hydrogen (secondary N) is 1. The average molecular weight is 317 g/mol. The van der Waals surface area contributed by atoms with Gasteiger partial charge >= 0.3 is 5.97 Å². The standard InChI is InChI=1S/C12H17ClN4O2S/c1-19-8(18)6-20-11-9(14)10(16-12(13)17-11)15-7-4-2-3-5-7/h7H,2-6,14H2,1H3,(H,15,16,17). The fourth-order valence-corrected chi connectivity index (χ4v) is 3.09. The first kappa shape index (κ1) is 15.2. The Labute approximate surface area is 126 Å². The third kappa shape index (κ3) is 3.89. The smallest absolute Gasteiger partial charge is 0.316 e. The summed E-state index contributed by atoms with van der Waals surface area (Å²) >= 11 is 7.10. The van der Waals surface area contributed by atoms with Crippen LogP contribution in [0.25, 0.3) is 0 Å². The van der Waals surface area contributed by atoms with Gasteiger partial charge < -0.3 is 15.8 Å². The van der Waals surface area contributed by atoms with Crippen LogP contribution >= 0.6 is 23.4 Å². The van der Waals surface area contributed by atoms with Crippen molar-refractivity contribution in [2.45, 2.75) is 36.8 Å². The van der Waals surface area contributed by atoms with E-state index in [2.05, 4.69) is 20.0 Å². The lowest BCUT2D eigenvalue weighted by Gasteiger charge is -2.15. The number of ether oxygens (including phenoxy) is 1. The van der Waals surface area contributed by atoms with Crippen molar-refractivity contribution < 1.29 is 9.53 Å². The molecule has 110 valence electrons. The van der Waals surface area contributed by atoms with E-state index >= 15 is 0 Å². The van der Waals surface area contributed by atoms with Crippen molar-refractivity contribution in [2.75, 3.05) is 23.9 Å². The minimum atomic E-state index is -0.338. The normalized spacial score (nSPS) is 15.3. The van der Waals surface area contributed by atoms with Crippen molar-refractivity contribution in [3.05, 3.63) is 5.28 Å². The number of nitrogen functional groups attached to an aromatic ring is 1. The molecule has 1 aromatic heterocycles. The first-order valence-corrected chi connectivity index (χ1v) is 7.75. The number of carbonyl (C=O) groups is 1. The first-order valence-electron chi connectivity index (χ1n) is 6.39. The second-order valence-electron chi connectivity index (χ2n) is 4.55. The van der Waals surface area contributed by atoms with E-state index < -0.39 is 0 Å². The number of rotatable bonds is 5. The van der Waals surface area contributed by atoms with Crippen LogP contribution in [0.1, 0.15) is 25.7 Å². The van der Waals surface area contributed by atoms with Crippen LogP contribution in [0.15, 0.2) is 5.03 Å². The van der Waals surface area contributed by atoms with Crippen LogP contribution in [-0.2, 0) is 9.53 Å². The summed E-state index contributed by atoms with van der Waals surface area (Å²) in [6, 6.07) is 0.377. The van der Waals surface area contributed by atoms with Crippen LogP contribution in [0.2, 0.25) is 5.28 Å². The lowest BCUT2D eigenvalue weighted by Crippen LogP contribution is -2.17. The van der Waals surface area contributed by atoms with E-state index in [0.29, 0.717) is 22.6 Å². The van der Waals surface area contributed by atoms with Gasteiger partial charge in [0.25, 0.3) is 0 Å². The molecular weight excluding hydrogens is 300 g/mol. The molecule has 0 aliphatic heterocycles. The van der Waals surface area contributed by atoms with Gasteiger partial charge in [-0.3, -0.25) is 4.79 Å². The van der Waals surface area contributed by atoms with Crippen LogP contribution in [0.4, 0.5) is 11.5 Å². The molecule has 1 aromatic rings. The number of hydrogen-bond acceptors (Lipinski definition) is 7. The van der Waals surface area contributed by atoms with Gasteiger partial charge in [0, 0.05) is 6.04 Å². The summed E-state index contributed by atoms with van der Waals surface area (Å²) in [5.41, 5.74) is 6.47. The molecule has 8 heteroatoms. The van der Waals surface area contributed by atoms with E-state index in [9.17, 15) is 4.79 Å². The number of nitrogens with two attached hydrogens (primary N) is 1. The van der Waals surface area contributed by atoms with E-state index in [1.807, 2.05) is 0 Å². The van der Waals surface area contributed by atoms with Crippen molar-refractivity contribution in [2.24, 2.45) is 0 Å². The highest BCUT2D eigenvalue weighted by Crippen LogP contribution is 2.31. The maximum atomic E-state index is 11.2. The second-order valence-corrected chi connectivity index (χ2v) is 5.85. The highest BCUT2D eigenvalue weighted by molar-refractivity contribution is 8.00. The number of carbonyl (C=O) groups excluding carboxylic acids is 1. The zero-order chi connectivity index (χ0) is 14.5. The van der Waals surface area contributed by atoms with Crippen LogP contribution in [-0.4, -0.2) is 34.8 Å². The number of anilines is 2. The molecule has 2 rings (SSSR count). The molecule has 0 aromatic carbocycles. The summed E-state index contributed by atoms with van der Waals surface area (Å²) in [5.74, 6) is 0.343. The number of hydrogen-bond donors (Lipinski definition) is 2. The summed E-state index contributed by atoms with van der Waals surface area (Å²) < 4.78 is 4.59. The van der Waals surface area contributed by atoms with E-state index in [1.54, 1.807) is 0 Å². The van der Waals surface area contributed by atoms with E-state index in [1.165, 1.54) is 31.7 Å². The third-order valence-electron chi connectivity index (χ3n) is 3.13. The molecule has 0 radical (unpaired) electrons. The van der Waals surface area contributed by atoms with Gasteiger partial charge in [0.05, 0.1) is 12.9 Å². The Balaban J connectivity index is 2.11. The van der Waals surface area contributed by atoms with Crippen molar-refractivity contribution in [3.8, 4) is 0 Å².